The molecule has 0 saturated carbocycles. The first-order chi connectivity index (χ1) is 9.08. The van der Waals surface area contributed by atoms with Crippen LogP contribution in [0.1, 0.15) is 21.5 Å². The largest absolute Gasteiger partial charge is 0.618 e. The second-order valence-electron chi connectivity index (χ2n) is 4.50. The lowest BCUT2D eigenvalue weighted by atomic mass is 10.0. The van der Waals surface area contributed by atoms with Crippen LogP contribution in [0, 0.1) is 12.1 Å². The fourth-order valence-electron chi connectivity index (χ4n) is 2.17. The number of Topliss-reactive ketones (excluding diaryl/α,β-unsaturated/α-hetero) is 1. The predicted molar refractivity (Wildman–Crippen MR) is 74.4 cm³/mol. The lowest BCUT2D eigenvalue weighted by Gasteiger charge is -2.02. The molecule has 1 heterocycles. The van der Waals surface area contributed by atoms with Crippen LogP contribution in [0.4, 0.5) is 5.69 Å². The zero-order valence-corrected chi connectivity index (χ0v) is 10.9. The van der Waals surface area contributed by atoms with Gasteiger partial charge in [0.15, 0.2) is 0 Å². The van der Waals surface area contributed by atoms with E-state index >= 15 is 0 Å². The number of carbonyl (C=O) groups is 1. The average Bonchev–Trinajstić information content (AvgIpc) is 2.63. The number of aryl methyl sites for hydroxylation is 1. The van der Waals surface area contributed by atoms with Crippen LogP contribution in [-0.2, 0) is 0 Å². The maximum absolute atomic E-state index is 12.3. The first-order valence-electron chi connectivity index (χ1n) is 5.83. The van der Waals surface area contributed by atoms with Gasteiger partial charge in [0.2, 0.25) is 5.69 Å². The molecule has 0 atom stereocenters. The van der Waals surface area contributed by atoms with Gasteiger partial charge in [0.1, 0.15) is 5.56 Å². The van der Waals surface area contributed by atoms with Gasteiger partial charge in [-0.3, -0.25) is 4.79 Å². The third-order valence-electron chi connectivity index (χ3n) is 3.17. The molecule has 19 heavy (non-hydrogen) atoms. The summed E-state index contributed by atoms with van der Waals surface area (Å²) < 4.78 is 0.679. The van der Waals surface area contributed by atoms with Crippen LogP contribution in [0.15, 0.2) is 42.5 Å². The van der Waals surface area contributed by atoms with Gasteiger partial charge < -0.3 is 5.21 Å². The van der Waals surface area contributed by atoms with Crippen molar-refractivity contribution in [1.82, 2.24) is 0 Å². The van der Waals surface area contributed by atoms with Gasteiger partial charge in [-0.1, -0.05) is 29.3 Å². The van der Waals surface area contributed by atoms with Crippen LogP contribution in [-0.4, -0.2) is 16.2 Å². The van der Waals surface area contributed by atoms with Crippen molar-refractivity contribution in [3.05, 3.63) is 69.4 Å². The molecule has 94 valence electrons. The Morgan fingerprint density at radius 1 is 1.11 bits per heavy atom. The third-order valence-corrected chi connectivity index (χ3v) is 3.40. The number of halogens is 1. The summed E-state index contributed by atoms with van der Waals surface area (Å²) in [5.74, 6) is -0.281. The number of ketones is 1. The maximum atomic E-state index is 12.3. The summed E-state index contributed by atoms with van der Waals surface area (Å²) in [5, 5.41) is 12.7. The molecule has 2 aromatic carbocycles. The van der Waals surface area contributed by atoms with Gasteiger partial charge in [0.25, 0.3) is 11.5 Å². The highest BCUT2D eigenvalue weighted by Crippen LogP contribution is 2.30. The summed E-state index contributed by atoms with van der Waals surface area (Å²) in [4.78, 5) is 12.3. The molecule has 0 saturated heterocycles. The highest BCUT2D eigenvalue weighted by atomic mass is 35.5. The fraction of sp³-hybridized carbons (Fsp3) is 0.0667. The van der Waals surface area contributed by atoms with E-state index in [1.54, 1.807) is 24.3 Å². The van der Waals surface area contributed by atoms with Crippen molar-refractivity contribution in [2.45, 2.75) is 6.92 Å². The molecule has 2 aromatic rings. The molecular weight excluding hydrogens is 262 g/mol. The van der Waals surface area contributed by atoms with E-state index in [2.05, 4.69) is 0 Å². The highest BCUT2D eigenvalue weighted by Gasteiger charge is 2.36. The van der Waals surface area contributed by atoms with Crippen LogP contribution >= 0.6 is 11.6 Å². The van der Waals surface area contributed by atoms with Gasteiger partial charge in [-0.25, -0.2) is 0 Å². The van der Waals surface area contributed by atoms with Crippen molar-refractivity contribution >= 4 is 28.8 Å². The van der Waals surface area contributed by atoms with Gasteiger partial charge in [0, 0.05) is 11.1 Å². The van der Waals surface area contributed by atoms with Crippen LogP contribution in [0.2, 0.25) is 5.02 Å². The average molecular weight is 272 g/mol. The number of carbonyl (C=O) groups excluding carboxylic acids is 1. The minimum atomic E-state index is -0.281. The zero-order chi connectivity index (χ0) is 13.6. The van der Waals surface area contributed by atoms with E-state index in [0.29, 0.717) is 26.6 Å². The molecule has 1 aliphatic heterocycles. The molecular formula is C15H10ClNO2. The van der Waals surface area contributed by atoms with Crippen LogP contribution in [0.25, 0.3) is 0 Å². The number of benzene rings is 2. The summed E-state index contributed by atoms with van der Waals surface area (Å²) in [6.07, 6.45) is 0. The molecule has 0 unspecified atom stereocenters. The second kappa shape index (κ2) is 4.21. The van der Waals surface area contributed by atoms with E-state index in [1.165, 1.54) is 6.07 Å². The monoisotopic (exact) mass is 271 g/mol. The number of rotatable bonds is 1. The minimum absolute atomic E-state index is 0.150. The first kappa shape index (κ1) is 11.9. The van der Waals surface area contributed by atoms with Gasteiger partial charge in [-0.15, -0.1) is 0 Å². The van der Waals surface area contributed by atoms with E-state index in [-0.39, 0.29) is 11.5 Å². The van der Waals surface area contributed by atoms with Gasteiger partial charge in [-0.05, 0) is 31.2 Å². The fourth-order valence-corrected chi connectivity index (χ4v) is 2.34. The van der Waals surface area contributed by atoms with E-state index in [1.807, 2.05) is 19.1 Å². The highest BCUT2D eigenvalue weighted by molar-refractivity contribution is 6.52. The quantitative estimate of drug-likeness (QED) is 0.589. The number of fused-ring (bicyclic) bond motifs is 1. The summed E-state index contributed by atoms with van der Waals surface area (Å²) in [7, 11) is 0. The standard InChI is InChI=1S/C15H10ClNO2/c1-9-2-4-10(5-3-9)14-15(18)12-8-11(16)6-7-13(12)17(14)19/h2-8H,1H3. The number of nitrogens with zero attached hydrogens (tertiary/aromatic N) is 1. The van der Waals surface area contributed by atoms with Crippen molar-refractivity contribution in [3.8, 4) is 0 Å². The maximum Gasteiger partial charge on any atom is 0.272 e. The van der Waals surface area contributed by atoms with Crippen LogP contribution < -0.4 is 0 Å². The number of hydrogen-bond donors (Lipinski definition) is 0. The molecule has 0 N–H and O–H groups in total. The Hall–Kier alpha value is -2.13. The topological polar surface area (TPSA) is 43.1 Å². The van der Waals surface area contributed by atoms with Crippen molar-refractivity contribution in [2.75, 3.05) is 0 Å². The lowest BCUT2D eigenvalue weighted by Crippen LogP contribution is -2.16. The SMILES string of the molecule is Cc1ccc(C2=[N+]([O-])c3ccc(Cl)cc3C2=O)cc1. The Morgan fingerprint density at radius 2 is 1.79 bits per heavy atom. The van der Waals surface area contributed by atoms with E-state index in [9.17, 15) is 10.0 Å². The molecule has 4 heteroatoms. The van der Waals surface area contributed by atoms with E-state index in [4.69, 9.17) is 11.6 Å². The molecule has 0 aromatic heterocycles. The lowest BCUT2D eigenvalue weighted by molar-refractivity contribution is -0.355. The normalized spacial score (nSPS) is 13.9. The second-order valence-corrected chi connectivity index (χ2v) is 4.94. The summed E-state index contributed by atoms with van der Waals surface area (Å²) in [6.45, 7) is 1.95. The Morgan fingerprint density at radius 3 is 2.47 bits per heavy atom. The third kappa shape index (κ3) is 1.83. The van der Waals surface area contributed by atoms with E-state index in [0.717, 1.165) is 5.56 Å². The van der Waals surface area contributed by atoms with Crippen molar-refractivity contribution in [1.29, 1.82) is 0 Å². The Balaban J connectivity index is 2.17. The smallest absolute Gasteiger partial charge is 0.272 e. The van der Waals surface area contributed by atoms with Gasteiger partial charge >= 0.3 is 0 Å². The Labute approximate surface area is 115 Å². The minimum Gasteiger partial charge on any atom is -0.618 e. The molecule has 0 bridgehead atoms. The van der Waals surface area contributed by atoms with Crippen LogP contribution in [0.3, 0.4) is 0 Å². The molecule has 0 spiro atoms. The van der Waals surface area contributed by atoms with Gasteiger partial charge in [0.05, 0.1) is 5.56 Å². The molecule has 0 fully saturated rings. The summed E-state index contributed by atoms with van der Waals surface area (Å²) in [6, 6.07) is 12.0. The first-order valence-corrected chi connectivity index (χ1v) is 6.21. The molecule has 1 aliphatic rings. The Kier molecular flexibility index (Phi) is 2.64. The van der Waals surface area contributed by atoms with Crippen LogP contribution in [0.5, 0.6) is 0 Å². The van der Waals surface area contributed by atoms with Gasteiger partial charge in [-0.2, -0.15) is 4.74 Å². The Bertz CT molecular complexity index is 717. The molecule has 0 aliphatic carbocycles. The molecule has 3 rings (SSSR count). The van der Waals surface area contributed by atoms with E-state index < -0.39 is 0 Å². The predicted octanol–water partition coefficient (Wildman–Crippen LogP) is 3.48. The summed E-state index contributed by atoms with van der Waals surface area (Å²) >= 11 is 5.87. The zero-order valence-electron chi connectivity index (χ0n) is 10.2. The summed E-state index contributed by atoms with van der Waals surface area (Å²) in [5.41, 5.74) is 2.56. The van der Waals surface area contributed by atoms with Crippen molar-refractivity contribution in [3.63, 3.8) is 0 Å². The molecule has 0 amide bonds. The molecule has 0 radical (unpaired) electrons. The van der Waals surface area contributed by atoms with Crippen molar-refractivity contribution in [2.24, 2.45) is 0 Å². The van der Waals surface area contributed by atoms with Crippen molar-refractivity contribution < 1.29 is 9.53 Å². The molecule has 3 nitrogen and oxygen atoms in total. The number of hydrogen-bond acceptors (Lipinski definition) is 2.